The van der Waals surface area contributed by atoms with Crippen molar-refractivity contribution in [2.45, 2.75) is 18.4 Å². The molecule has 3 nitrogen and oxygen atoms in total. The zero-order chi connectivity index (χ0) is 14.0. The van der Waals surface area contributed by atoms with Gasteiger partial charge in [-0.25, -0.2) is 4.79 Å². The summed E-state index contributed by atoms with van der Waals surface area (Å²) >= 11 is 3.42. The first-order chi connectivity index (χ1) is 9.70. The van der Waals surface area contributed by atoms with Crippen molar-refractivity contribution in [1.82, 2.24) is 5.32 Å². The highest BCUT2D eigenvalue weighted by Gasteiger charge is 2.45. The number of nitrogens with one attached hydrogen (secondary N) is 2. The van der Waals surface area contributed by atoms with Crippen molar-refractivity contribution < 1.29 is 4.79 Å². The molecule has 4 heteroatoms. The molecule has 0 atom stereocenters. The largest absolute Gasteiger partial charge is 0.328 e. The van der Waals surface area contributed by atoms with Crippen LogP contribution in [0.4, 0.5) is 10.5 Å². The van der Waals surface area contributed by atoms with Gasteiger partial charge in [-0.05, 0) is 46.5 Å². The summed E-state index contributed by atoms with van der Waals surface area (Å²) in [5, 5.41) is 5.97. The normalized spacial score (nSPS) is 15.4. The molecule has 1 aliphatic carbocycles. The number of para-hydroxylation sites is 1. The second-order valence-corrected chi connectivity index (χ2v) is 5.86. The van der Waals surface area contributed by atoms with Crippen LogP contribution in [0, 0.1) is 0 Å². The van der Waals surface area contributed by atoms with E-state index < -0.39 is 0 Å². The van der Waals surface area contributed by atoms with Crippen LogP contribution in [-0.2, 0) is 5.54 Å². The van der Waals surface area contributed by atoms with E-state index in [9.17, 15) is 4.79 Å². The van der Waals surface area contributed by atoms with Crippen molar-refractivity contribution in [2.75, 3.05) is 5.32 Å². The Hall–Kier alpha value is -1.81. The summed E-state index contributed by atoms with van der Waals surface area (Å²) in [5.74, 6) is 0. The van der Waals surface area contributed by atoms with Crippen molar-refractivity contribution in [3.8, 4) is 0 Å². The highest BCUT2D eigenvalue weighted by molar-refractivity contribution is 9.10. The van der Waals surface area contributed by atoms with Gasteiger partial charge in [-0.3, -0.25) is 0 Å². The van der Waals surface area contributed by atoms with Crippen molar-refractivity contribution >= 4 is 27.6 Å². The molecule has 0 aliphatic heterocycles. The lowest BCUT2D eigenvalue weighted by Crippen LogP contribution is -2.38. The highest BCUT2D eigenvalue weighted by atomic mass is 79.9. The molecule has 0 radical (unpaired) electrons. The monoisotopic (exact) mass is 330 g/mol. The average molecular weight is 331 g/mol. The Morgan fingerprint density at radius 3 is 2.30 bits per heavy atom. The predicted octanol–water partition coefficient (Wildman–Crippen LogP) is 4.26. The minimum atomic E-state index is -0.188. The lowest BCUT2D eigenvalue weighted by molar-refractivity contribution is 0.247. The van der Waals surface area contributed by atoms with Gasteiger partial charge in [0.15, 0.2) is 0 Å². The molecule has 3 rings (SSSR count). The van der Waals surface area contributed by atoms with Crippen LogP contribution in [0.5, 0.6) is 0 Å². The van der Waals surface area contributed by atoms with Gasteiger partial charge in [-0.2, -0.15) is 0 Å². The van der Waals surface area contributed by atoms with Gasteiger partial charge in [0.1, 0.15) is 0 Å². The van der Waals surface area contributed by atoms with Crippen LogP contribution in [0.1, 0.15) is 18.4 Å². The van der Waals surface area contributed by atoms with Gasteiger partial charge < -0.3 is 10.6 Å². The molecule has 20 heavy (non-hydrogen) atoms. The molecule has 0 heterocycles. The third kappa shape index (κ3) is 2.70. The van der Waals surface area contributed by atoms with Crippen molar-refractivity contribution in [2.24, 2.45) is 0 Å². The van der Waals surface area contributed by atoms with E-state index in [0.29, 0.717) is 0 Å². The second-order valence-electron chi connectivity index (χ2n) is 5.01. The molecule has 1 fully saturated rings. The fourth-order valence-electron chi connectivity index (χ4n) is 2.30. The van der Waals surface area contributed by atoms with Crippen LogP contribution in [0.15, 0.2) is 59.1 Å². The molecule has 0 bridgehead atoms. The van der Waals surface area contributed by atoms with E-state index in [1.54, 1.807) is 0 Å². The summed E-state index contributed by atoms with van der Waals surface area (Å²) in [4.78, 5) is 12.2. The SMILES string of the molecule is O=C(Nc1ccccc1Br)NC1(c2ccccc2)CC1. The zero-order valence-corrected chi connectivity index (χ0v) is 12.5. The number of carbonyl (C=O) groups is 1. The third-order valence-electron chi connectivity index (χ3n) is 3.55. The number of anilines is 1. The number of rotatable bonds is 3. The Bertz CT molecular complexity index is 623. The minimum absolute atomic E-state index is 0.168. The molecular formula is C16H15BrN2O. The molecular weight excluding hydrogens is 316 g/mol. The van der Waals surface area contributed by atoms with Crippen LogP contribution >= 0.6 is 15.9 Å². The fraction of sp³-hybridized carbons (Fsp3) is 0.188. The highest BCUT2D eigenvalue weighted by Crippen LogP contribution is 2.45. The predicted molar refractivity (Wildman–Crippen MR) is 83.7 cm³/mol. The minimum Gasteiger partial charge on any atom is -0.328 e. The Labute approximate surface area is 126 Å². The number of urea groups is 1. The molecule has 2 amide bonds. The summed E-state index contributed by atoms with van der Waals surface area (Å²) in [7, 11) is 0. The maximum atomic E-state index is 12.2. The fourth-order valence-corrected chi connectivity index (χ4v) is 2.69. The van der Waals surface area contributed by atoms with E-state index in [-0.39, 0.29) is 11.6 Å². The summed E-state index contributed by atoms with van der Waals surface area (Å²) in [6.45, 7) is 0. The van der Waals surface area contributed by atoms with Crippen molar-refractivity contribution in [3.63, 3.8) is 0 Å². The quantitative estimate of drug-likeness (QED) is 0.867. The van der Waals surface area contributed by atoms with Crippen LogP contribution in [0.2, 0.25) is 0 Å². The Kier molecular flexibility index (Phi) is 3.49. The number of hydrogen-bond acceptors (Lipinski definition) is 1. The van der Waals surface area contributed by atoms with Gasteiger partial charge in [0, 0.05) is 4.47 Å². The standard InChI is InChI=1S/C16H15BrN2O/c17-13-8-4-5-9-14(13)18-15(20)19-16(10-11-16)12-6-2-1-3-7-12/h1-9H,10-11H2,(H2,18,19,20). The molecule has 2 aromatic carbocycles. The van der Waals surface area contributed by atoms with Crippen LogP contribution < -0.4 is 10.6 Å². The lowest BCUT2D eigenvalue weighted by atomic mass is 10.1. The van der Waals surface area contributed by atoms with Crippen LogP contribution in [0.3, 0.4) is 0 Å². The first-order valence-electron chi connectivity index (χ1n) is 6.59. The Morgan fingerprint density at radius 2 is 1.65 bits per heavy atom. The first kappa shape index (κ1) is 13.2. The first-order valence-corrected chi connectivity index (χ1v) is 7.38. The third-order valence-corrected chi connectivity index (χ3v) is 4.24. The van der Waals surface area contributed by atoms with Gasteiger partial charge in [0.25, 0.3) is 0 Å². The Morgan fingerprint density at radius 1 is 1.00 bits per heavy atom. The van der Waals surface area contributed by atoms with E-state index in [0.717, 1.165) is 23.0 Å². The zero-order valence-electron chi connectivity index (χ0n) is 10.9. The summed E-state index contributed by atoms with van der Waals surface area (Å²) in [5.41, 5.74) is 1.75. The van der Waals surface area contributed by atoms with Gasteiger partial charge in [0.05, 0.1) is 11.2 Å². The van der Waals surface area contributed by atoms with E-state index in [2.05, 4.69) is 38.7 Å². The maximum absolute atomic E-state index is 12.2. The average Bonchev–Trinajstić information content (AvgIpc) is 3.23. The molecule has 1 aliphatic rings. The van der Waals surface area contributed by atoms with E-state index in [4.69, 9.17) is 0 Å². The molecule has 0 aromatic heterocycles. The summed E-state index contributed by atoms with van der Waals surface area (Å²) in [6.07, 6.45) is 1.97. The van der Waals surface area contributed by atoms with Gasteiger partial charge in [-0.1, -0.05) is 42.5 Å². The number of benzene rings is 2. The number of amides is 2. The molecule has 0 unspecified atom stereocenters. The van der Waals surface area contributed by atoms with Crippen LogP contribution in [-0.4, -0.2) is 6.03 Å². The van der Waals surface area contributed by atoms with E-state index in [1.165, 1.54) is 5.56 Å². The Balaban J connectivity index is 1.70. The lowest BCUT2D eigenvalue weighted by Gasteiger charge is -2.18. The molecule has 0 saturated heterocycles. The second kappa shape index (κ2) is 5.29. The van der Waals surface area contributed by atoms with Crippen LogP contribution in [0.25, 0.3) is 0 Å². The number of carbonyl (C=O) groups excluding carboxylic acids is 1. The van der Waals surface area contributed by atoms with Gasteiger partial charge in [-0.15, -0.1) is 0 Å². The molecule has 0 spiro atoms. The molecule has 2 aromatic rings. The summed E-state index contributed by atoms with van der Waals surface area (Å²) < 4.78 is 0.875. The number of hydrogen-bond donors (Lipinski definition) is 2. The number of halogens is 1. The molecule has 102 valence electrons. The van der Waals surface area contributed by atoms with E-state index in [1.807, 2.05) is 42.5 Å². The van der Waals surface area contributed by atoms with E-state index >= 15 is 0 Å². The van der Waals surface area contributed by atoms with Crippen molar-refractivity contribution in [1.29, 1.82) is 0 Å². The summed E-state index contributed by atoms with van der Waals surface area (Å²) in [6, 6.07) is 17.5. The van der Waals surface area contributed by atoms with Gasteiger partial charge in [0.2, 0.25) is 0 Å². The van der Waals surface area contributed by atoms with Gasteiger partial charge >= 0.3 is 6.03 Å². The van der Waals surface area contributed by atoms with Crippen molar-refractivity contribution in [3.05, 3.63) is 64.6 Å². The topological polar surface area (TPSA) is 41.1 Å². The molecule has 1 saturated carbocycles. The smallest absolute Gasteiger partial charge is 0.319 e. The molecule has 2 N–H and O–H groups in total. The maximum Gasteiger partial charge on any atom is 0.319 e.